The number of alkyl halides is 3. The van der Waals surface area contributed by atoms with E-state index in [9.17, 15) is 18.0 Å². The molecule has 0 fully saturated rings. The van der Waals surface area contributed by atoms with Gasteiger partial charge in [-0.3, -0.25) is 4.79 Å². The van der Waals surface area contributed by atoms with Gasteiger partial charge in [-0.2, -0.15) is 0 Å². The summed E-state index contributed by atoms with van der Waals surface area (Å²) in [5, 5.41) is 3.03. The Morgan fingerprint density at radius 2 is 1.83 bits per heavy atom. The lowest BCUT2D eigenvalue weighted by molar-refractivity contribution is -0.274. The summed E-state index contributed by atoms with van der Waals surface area (Å²) in [6, 6.07) is 8.10. The second-order valence-corrected chi connectivity index (χ2v) is 5.20. The summed E-state index contributed by atoms with van der Waals surface area (Å²) in [4.78, 5) is 16.3. The maximum atomic E-state index is 12.2. The molecule has 0 unspecified atom stereocenters. The molecule has 9 heteroatoms. The van der Waals surface area contributed by atoms with Crippen molar-refractivity contribution >= 4 is 28.8 Å². The second-order valence-electron chi connectivity index (χ2n) is 4.77. The molecule has 1 aromatic carbocycles. The molecule has 0 spiro atoms. The van der Waals surface area contributed by atoms with Gasteiger partial charge in [-0.05, 0) is 36.4 Å². The van der Waals surface area contributed by atoms with E-state index in [4.69, 9.17) is 11.6 Å². The molecule has 1 N–H and O–H groups in total. The van der Waals surface area contributed by atoms with Crippen LogP contribution < -0.4 is 10.1 Å². The first-order valence-electron chi connectivity index (χ1n) is 6.61. The number of carbonyl (C=O) groups excluding carboxylic acids is 1. The van der Waals surface area contributed by atoms with E-state index in [2.05, 4.69) is 15.0 Å². The van der Waals surface area contributed by atoms with Gasteiger partial charge in [0.15, 0.2) is 0 Å². The number of fused-ring (bicyclic) bond motifs is 1. The van der Waals surface area contributed by atoms with Crippen molar-refractivity contribution in [3.05, 3.63) is 59.5 Å². The Morgan fingerprint density at radius 3 is 2.50 bits per heavy atom. The van der Waals surface area contributed by atoms with Crippen LogP contribution in [0.2, 0.25) is 5.02 Å². The first kappa shape index (κ1) is 16.1. The first-order valence-corrected chi connectivity index (χ1v) is 6.99. The van der Waals surface area contributed by atoms with Crippen molar-refractivity contribution in [2.45, 2.75) is 6.36 Å². The number of aromatic nitrogens is 2. The van der Waals surface area contributed by atoms with Crippen molar-refractivity contribution in [1.82, 2.24) is 9.38 Å². The number of carbonyl (C=O) groups is 1. The zero-order valence-corrected chi connectivity index (χ0v) is 12.6. The number of hydrogen-bond acceptors (Lipinski definition) is 3. The molecule has 0 bridgehead atoms. The lowest BCUT2D eigenvalue weighted by atomic mass is 10.3. The fourth-order valence-corrected chi connectivity index (χ4v) is 2.18. The third-order valence-corrected chi connectivity index (χ3v) is 3.22. The molecule has 0 atom stereocenters. The molecule has 0 aliphatic rings. The molecule has 0 saturated heterocycles. The molecule has 3 rings (SSSR count). The number of nitrogens with one attached hydrogen (secondary N) is 1. The highest BCUT2D eigenvalue weighted by molar-refractivity contribution is 6.30. The zero-order chi connectivity index (χ0) is 17.3. The molecular weight excluding hydrogens is 347 g/mol. The van der Waals surface area contributed by atoms with Crippen LogP contribution in [-0.4, -0.2) is 21.7 Å². The number of halogens is 4. The van der Waals surface area contributed by atoms with Crippen LogP contribution in [0.4, 0.5) is 18.9 Å². The molecule has 1 amide bonds. The van der Waals surface area contributed by atoms with Crippen LogP contribution in [-0.2, 0) is 0 Å². The van der Waals surface area contributed by atoms with Crippen LogP contribution in [0, 0.1) is 0 Å². The van der Waals surface area contributed by atoms with Gasteiger partial charge in [0.2, 0.25) is 0 Å². The highest BCUT2D eigenvalue weighted by atomic mass is 35.5. The highest BCUT2D eigenvalue weighted by Gasteiger charge is 2.30. The van der Waals surface area contributed by atoms with E-state index in [1.54, 1.807) is 22.7 Å². The van der Waals surface area contributed by atoms with E-state index in [0.717, 1.165) is 12.1 Å². The number of pyridine rings is 1. The maximum absolute atomic E-state index is 12.2. The Morgan fingerprint density at radius 1 is 1.12 bits per heavy atom. The van der Waals surface area contributed by atoms with Crippen LogP contribution in [0.3, 0.4) is 0 Å². The highest BCUT2D eigenvalue weighted by Crippen LogP contribution is 2.24. The van der Waals surface area contributed by atoms with E-state index in [-0.39, 0.29) is 11.4 Å². The quantitative estimate of drug-likeness (QED) is 0.768. The van der Waals surface area contributed by atoms with Gasteiger partial charge >= 0.3 is 6.36 Å². The zero-order valence-electron chi connectivity index (χ0n) is 11.8. The molecule has 0 saturated carbocycles. The van der Waals surface area contributed by atoms with E-state index < -0.39 is 12.3 Å². The van der Waals surface area contributed by atoms with Crippen LogP contribution in [0.1, 0.15) is 10.5 Å². The molecule has 5 nitrogen and oxygen atoms in total. The summed E-state index contributed by atoms with van der Waals surface area (Å²) < 4.78 is 41.6. The van der Waals surface area contributed by atoms with Gasteiger partial charge in [0.05, 0.1) is 5.02 Å². The average Bonchev–Trinajstić information content (AvgIpc) is 2.91. The van der Waals surface area contributed by atoms with Crippen LogP contribution in [0.15, 0.2) is 48.8 Å². The second kappa shape index (κ2) is 6.04. The van der Waals surface area contributed by atoms with E-state index >= 15 is 0 Å². The van der Waals surface area contributed by atoms with Gasteiger partial charge < -0.3 is 14.5 Å². The summed E-state index contributed by atoms with van der Waals surface area (Å²) in [5.41, 5.74) is 0.996. The number of rotatable bonds is 3. The third-order valence-electron chi connectivity index (χ3n) is 2.99. The Balaban J connectivity index is 1.73. The maximum Gasteiger partial charge on any atom is 0.573 e. The molecular formula is C15H9ClF3N3O2. The number of benzene rings is 1. The standard InChI is InChI=1S/C15H9ClF3N3O2/c16-9-1-6-13-21-12(8-22(13)7-9)14(23)20-10-2-4-11(5-3-10)24-15(17,18)19/h1-8H,(H,20,23). The van der Waals surface area contributed by atoms with Gasteiger partial charge in [-0.25, -0.2) is 4.98 Å². The molecule has 0 aliphatic heterocycles. The summed E-state index contributed by atoms with van der Waals surface area (Å²) >= 11 is 5.86. The van der Waals surface area contributed by atoms with Crippen LogP contribution in [0.25, 0.3) is 5.65 Å². The van der Waals surface area contributed by atoms with Crippen LogP contribution in [0.5, 0.6) is 5.75 Å². The minimum Gasteiger partial charge on any atom is -0.406 e. The predicted octanol–water partition coefficient (Wildman–Crippen LogP) is 4.14. The van der Waals surface area contributed by atoms with Gasteiger partial charge in [0, 0.05) is 18.1 Å². The summed E-state index contributed by atoms with van der Waals surface area (Å²) in [5.74, 6) is -0.873. The molecule has 0 aliphatic carbocycles. The summed E-state index contributed by atoms with van der Waals surface area (Å²) in [6.45, 7) is 0. The van der Waals surface area contributed by atoms with Crippen molar-refractivity contribution in [3.63, 3.8) is 0 Å². The monoisotopic (exact) mass is 355 g/mol. The van der Waals surface area contributed by atoms with Gasteiger partial charge in [-0.15, -0.1) is 13.2 Å². The van der Waals surface area contributed by atoms with Gasteiger partial charge in [0.1, 0.15) is 17.1 Å². The number of amides is 1. The Labute approximate surface area is 138 Å². The third kappa shape index (κ3) is 3.77. The fraction of sp³-hybridized carbons (Fsp3) is 0.0667. The molecule has 2 aromatic heterocycles. The van der Waals surface area contributed by atoms with Crippen molar-refractivity contribution in [1.29, 1.82) is 0 Å². The normalized spacial score (nSPS) is 11.5. The topological polar surface area (TPSA) is 55.6 Å². The number of ether oxygens (including phenoxy) is 1. The number of imidazole rings is 1. The number of hydrogen-bond donors (Lipinski definition) is 1. The summed E-state index contributed by atoms with van der Waals surface area (Å²) in [7, 11) is 0. The summed E-state index contributed by atoms with van der Waals surface area (Å²) in [6.07, 6.45) is -1.66. The average molecular weight is 356 g/mol. The predicted molar refractivity (Wildman–Crippen MR) is 81.3 cm³/mol. The molecule has 124 valence electrons. The molecule has 3 aromatic rings. The van der Waals surface area contributed by atoms with Crippen LogP contribution >= 0.6 is 11.6 Å². The Hall–Kier alpha value is -2.74. The van der Waals surface area contributed by atoms with Gasteiger partial charge in [-0.1, -0.05) is 11.6 Å². The molecule has 24 heavy (non-hydrogen) atoms. The van der Waals surface area contributed by atoms with E-state index in [1.165, 1.54) is 18.3 Å². The van der Waals surface area contributed by atoms with E-state index in [1.807, 2.05) is 0 Å². The van der Waals surface area contributed by atoms with Gasteiger partial charge in [0.25, 0.3) is 5.91 Å². The minimum absolute atomic E-state index is 0.146. The van der Waals surface area contributed by atoms with Crippen molar-refractivity contribution in [2.75, 3.05) is 5.32 Å². The largest absolute Gasteiger partial charge is 0.573 e. The number of nitrogens with zero attached hydrogens (tertiary/aromatic N) is 2. The van der Waals surface area contributed by atoms with Crippen molar-refractivity contribution < 1.29 is 22.7 Å². The smallest absolute Gasteiger partial charge is 0.406 e. The number of anilines is 1. The minimum atomic E-state index is -4.76. The van der Waals surface area contributed by atoms with Crippen molar-refractivity contribution in [3.8, 4) is 5.75 Å². The van der Waals surface area contributed by atoms with E-state index in [0.29, 0.717) is 16.4 Å². The molecule has 0 radical (unpaired) electrons. The van der Waals surface area contributed by atoms with Crippen molar-refractivity contribution in [2.24, 2.45) is 0 Å². The Bertz CT molecular complexity index is 891. The fourth-order valence-electron chi connectivity index (χ4n) is 2.01. The first-order chi connectivity index (χ1) is 11.3. The lowest BCUT2D eigenvalue weighted by Gasteiger charge is -2.09. The SMILES string of the molecule is O=C(Nc1ccc(OC(F)(F)F)cc1)c1cn2cc(Cl)ccc2n1. The Kier molecular flexibility index (Phi) is 4.06. The molecule has 2 heterocycles. The lowest BCUT2D eigenvalue weighted by Crippen LogP contribution is -2.17.